The lowest BCUT2D eigenvalue weighted by Gasteiger charge is -2.27. The van der Waals surface area contributed by atoms with E-state index in [0.717, 1.165) is 43.5 Å². The van der Waals surface area contributed by atoms with Gasteiger partial charge >= 0.3 is 0 Å². The maximum absolute atomic E-state index is 12.7. The summed E-state index contributed by atoms with van der Waals surface area (Å²) in [4.78, 5) is 27.3. The standard InChI is InChI=1S/C23H26N2O2.ClH/c26-22(19-8-6-18(7-9-19)17-4-2-1-3-5-17)12-13-23(27)25-20-10-11-21(25)16-24-15-14-20;/h1-9,20-21,24H,10-16H2;1H. The van der Waals surface area contributed by atoms with Crippen molar-refractivity contribution in [1.82, 2.24) is 10.2 Å². The molecular formula is C23H27ClN2O2. The number of halogens is 1. The van der Waals surface area contributed by atoms with Gasteiger partial charge in [0.1, 0.15) is 0 Å². The lowest BCUT2D eigenvalue weighted by atomic mass is 10.0. The van der Waals surface area contributed by atoms with E-state index in [0.29, 0.717) is 24.1 Å². The van der Waals surface area contributed by atoms with Crippen molar-refractivity contribution < 1.29 is 9.59 Å². The molecule has 2 aliphatic heterocycles. The van der Waals surface area contributed by atoms with Crippen LogP contribution in [0.2, 0.25) is 0 Å². The van der Waals surface area contributed by atoms with Crippen LogP contribution >= 0.6 is 12.4 Å². The number of fused-ring (bicyclic) bond motifs is 2. The van der Waals surface area contributed by atoms with Crippen LogP contribution in [0, 0.1) is 0 Å². The van der Waals surface area contributed by atoms with Gasteiger partial charge in [-0.25, -0.2) is 0 Å². The van der Waals surface area contributed by atoms with Gasteiger partial charge in [-0.15, -0.1) is 12.4 Å². The largest absolute Gasteiger partial charge is 0.335 e. The number of nitrogens with zero attached hydrogens (tertiary/aromatic N) is 1. The molecule has 2 aromatic carbocycles. The lowest BCUT2D eigenvalue weighted by molar-refractivity contribution is -0.133. The molecule has 2 atom stereocenters. The second kappa shape index (κ2) is 9.35. The summed E-state index contributed by atoms with van der Waals surface area (Å²) in [6.45, 7) is 1.87. The molecular weight excluding hydrogens is 372 g/mol. The number of Topliss-reactive ketones (excluding diaryl/α,β-unsaturated/α-hetero) is 1. The Morgan fingerprint density at radius 3 is 2.29 bits per heavy atom. The zero-order chi connectivity index (χ0) is 18.6. The van der Waals surface area contributed by atoms with Crippen molar-refractivity contribution in [3.8, 4) is 11.1 Å². The van der Waals surface area contributed by atoms with E-state index in [4.69, 9.17) is 0 Å². The predicted octanol–water partition coefficient (Wildman–Crippen LogP) is 4.09. The molecule has 2 heterocycles. The Labute approximate surface area is 172 Å². The molecule has 4 rings (SSSR count). The number of rotatable bonds is 5. The van der Waals surface area contributed by atoms with Crippen LogP contribution in [0.5, 0.6) is 0 Å². The molecule has 148 valence electrons. The van der Waals surface area contributed by atoms with Gasteiger partial charge in [-0.3, -0.25) is 9.59 Å². The number of hydrogen-bond acceptors (Lipinski definition) is 3. The summed E-state index contributed by atoms with van der Waals surface area (Å²) in [5, 5.41) is 3.41. The van der Waals surface area contributed by atoms with Gasteiger partial charge in [0.05, 0.1) is 0 Å². The van der Waals surface area contributed by atoms with E-state index in [2.05, 4.69) is 22.3 Å². The van der Waals surface area contributed by atoms with E-state index in [-0.39, 0.29) is 30.5 Å². The molecule has 0 radical (unpaired) electrons. The maximum Gasteiger partial charge on any atom is 0.223 e. The fraction of sp³-hybridized carbons (Fsp3) is 0.391. The molecule has 2 saturated heterocycles. The SMILES string of the molecule is Cl.O=C(CCC(=O)N1C2CCNCC1CC2)c1ccc(-c2ccccc2)cc1. The molecule has 0 spiro atoms. The third kappa shape index (κ3) is 4.45. The Morgan fingerprint density at radius 1 is 0.857 bits per heavy atom. The van der Waals surface area contributed by atoms with E-state index >= 15 is 0 Å². The number of benzene rings is 2. The van der Waals surface area contributed by atoms with Crippen LogP contribution in [0.15, 0.2) is 54.6 Å². The highest BCUT2D eigenvalue weighted by Crippen LogP contribution is 2.29. The van der Waals surface area contributed by atoms with Crippen LogP contribution in [-0.4, -0.2) is 41.8 Å². The van der Waals surface area contributed by atoms with Crippen LogP contribution in [0.25, 0.3) is 11.1 Å². The molecule has 2 fully saturated rings. The minimum atomic E-state index is 0. The topological polar surface area (TPSA) is 49.4 Å². The molecule has 1 amide bonds. The fourth-order valence-corrected chi connectivity index (χ4v) is 4.36. The molecule has 0 saturated carbocycles. The number of amides is 1. The molecule has 2 unspecified atom stereocenters. The van der Waals surface area contributed by atoms with Crippen molar-refractivity contribution in [2.45, 2.75) is 44.2 Å². The second-order valence-corrected chi connectivity index (χ2v) is 7.55. The second-order valence-electron chi connectivity index (χ2n) is 7.55. The van der Waals surface area contributed by atoms with E-state index in [1.54, 1.807) is 0 Å². The Morgan fingerprint density at radius 2 is 1.54 bits per heavy atom. The maximum atomic E-state index is 12.7. The van der Waals surface area contributed by atoms with E-state index in [1.807, 2.05) is 42.5 Å². The quantitative estimate of drug-likeness (QED) is 0.771. The fourth-order valence-electron chi connectivity index (χ4n) is 4.36. The summed E-state index contributed by atoms with van der Waals surface area (Å²) in [6.07, 6.45) is 3.81. The van der Waals surface area contributed by atoms with Gasteiger partial charge in [-0.1, -0.05) is 54.6 Å². The minimum absolute atomic E-state index is 0. The van der Waals surface area contributed by atoms with Crippen LogP contribution in [0.1, 0.15) is 42.5 Å². The summed E-state index contributed by atoms with van der Waals surface area (Å²) >= 11 is 0. The highest BCUT2D eigenvalue weighted by Gasteiger charge is 2.37. The van der Waals surface area contributed by atoms with Crippen molar-refractivity contribution in [2.24, 2.45) is 0 Å². The third-order valence-corrected chi connectivity index (χ3v) is 5.82. The smallest absolute Gasteiger partial charge is 0.223 e. The van der Waals surface area contributed by atoms with Gasteiger partial charge in [-0.05, 0) is 36.9 Å². The molecule has 28 heavy (non-hydrogen) atoms. The summed E-state index contributed by atoms with van der Waals surface area (Å²) in [6, 6.07) is 18.5. The van der Waals surface area contributed by atoms with Crippen LogP contribution in [0.4, 0.5) is 0 Å². The van der Waals surface area contributed by atoms with E-state index in [1.165, 1.54) is 0 Å². The highest BCUT2D eigenvalue weighted by molar-refractivity contribution is 5.98. The van der Waals surface area contributed by atoms with Gasteiger partial charge in [0, 0.05) is 37.0 Å². The molecule has 0 aliphatic carbocycles. The summed E-state index contributed by atoms with van der Waals surface area (Å²) in [5.41, 5.74) is 2.91. The number of carbonyl (C=O) groups excluding carboxylic acids is 2. The lowest BCUT2D eigenvalue weighted by Crippen LogP contribution is -2.42. The predicted molar refractivity (Wildman–Crippen MR) is 114 cm³/mol. The van der Waals surface area contributed by atoms with Gasteiger partial charge in [-0.2, -0.15) is 0 Å². The Hall–Kier alpha value is -2.17. The zero-order valence-corrected chi connectivity index (χ0v) is 16.8. The minimum Gasteiger partial charge on any atom is -0.335 e. The van der Waals surface area contributed by atoms with Crippen molar-refractivity contribution in [3.05, 3.63) is 60.2 Å². The summed E-state index contributed by atoms with van der Waals surface area (Å²) < 4.78 is 0. The van der Waals surface area contributed by atoms with E-state index < -0.39 is 0 Å². The molecule has 5 heteroatoms. The van der Waals surface area contributed by atoms with Crippen LogP contribution in [-0.2, 0) is 4.79 Å². The number of nitrogens with one attached hydrogen (secondary N) is 1. The molecule has 4 nitrogen and oxygen atoms in total. The Bertz CT molecular complexity index is 793. The van der Waals surface area contributed by atoms with Crippen LogP contribution < -0.4 is 5.32 Å². The van der Waals surface area contributed by atoms with Crippen LogP contribution in [0.3, 0.4) is 0 Å². The normalized spacial score (nSPS) is 20.9. The average molecular weight is 399 g/mol. The summed E-state index contributed by atoms with van der Waals surface area (Å²) in [5.74, 6) is 0.184. The number of hydrogen-bond donors (Lipinski definition) is 1. The van der Waals surface area contributed by atoms with Crippen molar-refractivity contribution in [3.63, 3.8) is 0 Å². The first-order valence-corrected chi connectivity index (χ1v) is 9.93. The molecule has 0 aromatic heterocycles. The van der Waals surface area contributed by atoms with Gasteiger partial charge in [0.2, 0.25) is 5.91 Å². The summed E-state index contributed by atoms with van der Waals surface area (Å²) in [7, 11) is 0. The van der Waals surface area contributed by atoms with Gasteiger partial charge < -0.3 is 10.2 Å². The van der Waals surface area contributed by atoms with Crippen molar-refractivity contribution in [2.75, 3.05) is 13.1 Å². The average Bonchev–Trinajstić information content (AvgIpc) is 2.99. The number of carbonyl (C=O) groups is 2. The van der Waals surface area contributed by atoms with Gasteiger partial charge in [0.25, 0.3) is 0 Å². The van der Waals surface area contributed by atoms with E-state index in [9.17, 15) is 9.59 Å². The molecule has 1 N–H and O–H groups in total. The van der Waals surface area contributed by atoms with Crippen molar-refractivity contribution in [1.29, 1.82) is 0 Å². The number of ketones is 1. The first-order chi connectivity index (χ1) is 13.2. The third-order valence-electron chi connectivity index (χ3n) is 5.82. The zero-order valence-electron chi connectivity index (χ0n) is 16.0. The highest BCUT2D eigenvalue weighted by atomic mass is 35.5. The molecule has 2 aliphatic rings. The first-order valence-electron chi connectivity index (χ1n) is 9.93. The van der Waals surface area contributed by atoms with Gasteiger partial charge in [0.15, 0.2) is 5.78 Å². The van der Waals surface area contributed by atoms with Crippen molar-refractivity contribution >= 4 is 24.1 Å². The first kappa shape index (κ1) is 20.6. The Balaban J connectivity index is 0.00000225. The monoisotopic (exact) mass is 398 g/mol. The molecule has 2 aromatic rings. The molecule has 2 bridgehead atoms. The Kier molecular flexibility index (Phi) is 6.87.